The van der Waals surface area contributed by atoms with Gasteiger partial charge in [0, 0.05) is 0 Å². The zero-order valence-corrected chi connectivity index (χ0v) is 9.27. The summed E-state index contributed by atoms with van der Waals surface area (Å²) in [6.07, 6.45) is 13.8. The summed E-state index contributed by atoms with van der Waals surface area (Å²) in [5.74, 6) is 0.515. The van der Waals surface area contributed by atoms with Crippen molar-refractivity contribution in [2.24, 2.45) is 10.9 Å². The Kier molecular flexibility index (Phi) is 4.37. The molecule has 1 rings (SSSR count). The first kappa shape index (κ1) is 11.0. The second-order valence-corrected chi connectivity index (χ2v) is 3.60. The molecular weight excluding hydrogens is 170 g/mol. The highest BCUT2D eigenvalue weighted by Crippen LogP contribution is 2.18. The summed E-state index contributed by atoms with van der Waals surface area (Å²) in [5.41, 5.74) is 1.34. The molecule has 14 heavy (non-hydrogen) atoms. The molecule has 0 aromatic rings. The third-order valence-corrected chi connectivity index (χ3v) is 2.37. The summed E-state index contributed by atoms with van der Waals surface area (Å²) in [6, 6.07) is 0.332. The Hall–Kier alpha value is -1.11. The Balaban J connectivity index is 2.84. The van der Waals surface area contributed by atoms with Crippen LogP contribution >= 0.6 is 0 Å². The van der Waals surface area contributed by atoms with Gasteiger partial charge in [-0.05, 0) is 31.1 Å². The minimum absolute atomic E-state index is 0.332. The van der Waals surface area contributed by atoms with E-state index >= 15 is 0 Å². The van der Waals surface area contributed by atoms with E-state index in [0.29, 0.717) is 12.0 Å². The van der Waals surface area contributed by atoms with E-state index in [9.17, 15) is 0 Å². The van der Waals surface area contributed by atoms with Gasteiger partial charge in [-0.25, -0.2) is 0 Å². The molecule has 0 radical (unpaired) electrons. The van der Waals surface area contributed by atoms with Crippen molar-refractivity contribution in [3.63, 3.8) is 0 Å². The van der Waals surface area contributed by atoms with Crippen molar-refractivity contribution >= 4 is 6.21 Å². The maximum atomic E-state index is 4.47. The fourth-order valence-corrected chi connectivity index (χ4v) is 1.65. The fraction of sp³-hybridized carbons (Fsp3) is 0.462. The lowest BCUT2D eigenvalue weighted by molar-refractivity contribution is 0.749. The number of rotatable bonds is 3. The van der Waals surface area contributed by atoms with Crippen LogP contribution < -0.4 is 0 Å². The molecule has 0 saturated carbocycles. The molecule has 0 bridgehead atoms. The van der Waals surface area contributed by atoms with Crippen LogP contribution in [0.1, 0.15) is 27.2 Å². The summed E-state index contributed by atoms with van der Waals surface area (Å²) in [5, 5.41) is 0. The molecule has 0 N–H and O–H groups in total. The van der Waals surface area contributed by atoms with Gasteiger partial charge in [-0.2, -0.15) is 0 Å². The van der Waals surface area contributed by atoms with Crippen LogP contribution in [0.25, 0.3) is 0 Å². The quantitative estimate of drug-likeness (QED) is 0.602. The highest BCUT2D eigenvalue weighted by molar-refractivity contribution is 5.54. The Bertz CT molecular complexity index is 282. The molecule has 1 heteroatoms. The van der Waals surface area contributed by atoms with E-state index in [2.05, 4.69) is 49.2 Å². The van der Waals surface area contributed by atoms with Crippen molar-refractivity contribution in [2.75, 3.05) is 0 Å². The SMILES string of the molecule is CC=NC(CC)C1=CC(C)C=CC=C1. The third-order valence-electron chi connectivity index (χ3n) is 2.37. The van der Waals surface area contributed by atoms with E-state index in [1.165, 1.54) is 5.57 Å². The zero-order chi connectivity index (χ0) is 10.4. The molecule has 0 aliphatic heterocycles. The van der Waals surface area contributed by atoms with Crippen molar-refractivity contribution in [1.29, 1.82) is 0 Å². The molecule has 1 aliphatic carbocycles. The van der Waals surface area contributed by atoms with Crippen LogP contribution in [0.15, 0.2) is 40.9 Å². The van der Waals surface area contributed by atoms with Gasteiger partial charge in [-0.3, -0.25) is 4.99 Å². The number of nitrogens with zero attached hydrogens (tertiary/aromatic N) is 1. The third kappa shape index (κ3) is 2.99. The molecule has 1 aliphatic rings. The van der Waals surface area contributed by atoms with E-state index in [-0.39, 0.29) is 0 Å². The van der Waals surface area contributed by atoms with Crippen molar-refractivity contribution in [3.8, 4) is 0 Å². The Labute approximate surface area is 86.9 Å². The summed E-state index contributed by atoms with van der Waals surface area (Å²) in [7, 11) is 0. The number of aliphatic imine (C=N–C) groups is 1. The summed E-state index contributed by atoms with van der Waals surface area (Å²) in [4.78, 5) is 4.47. The van der Waals surface area contributed by atoms with Crippen molar-refractivity contribution in [2.45, 2.75) is 33.2 Å². The first-order valence-corrected chi connectivity index (χ1v) is 5.32. The Morgan fingerprint density at radius 1 is 1.50 bits per heavy atom. The lowest BCUT2D eigenvalue weighted by Crippen LogP contribution is -2.06. The van der Waals surface area contributed by atoms with Crippen LogP contribution in [0.3, 0.4) is 0 Å². The monoisotopic (exact) mass is 189 g/mol. The molecule has 0 aromatic carbocycles. The molecular formula is C13H19N. The van der Waals surface area contributed by atoms with Crippen LogP contribution in [-0.4, -0.2) is 12.3 Å². The molecule has 0 amide bonds. The van der Waals surface area contributed by atoms with Gasteiger partial charge in [0.05, 0.1) is 6.04 Å². The van der Waals surface area contributed by atoms with Gasteiger partial charge >= 0.3 is 0 Å². The summed E-state index contributed by atoms with van der Waals surface area (Å²) in [6.45, 7) is 6.35. The Morgan fingerprint density at radius 2 is 2.29 bits per heavy atom. The molecule has 0 heterocycles. The van der Waals surface area contributed by atoms with Crippen molar-refractivity contribution < 1.29 is 0 Å². The highest BCUT2D eigenvalue weighted by atomic mass is 14.8. The average Bonchev–Trinajstić information content (AvgIpc) is 2.39. The van der Waals surface area contributed by atoms with Gasteiger partial charge in [0.15, 0.2) is 0 Å². The topological polar surface area (TPSA) is 12.4 Å². The van der Waals surface area contributed by atoms with Crippen LogP contribution in [0.5, 0.6) is 0 Å². The predicted molar refractivity (Wildman–Crippen MR) is 63.8 cm³/mol. The highest BCUT2D eigenvalue weighted by Gasteiger charge is 2.09. The zero-order valence-electron chi connectivity index (χ0n) is 9.27. The van der Waals surface area contributed by atoms with Gasteiger partial charge in [-0.1, -0.05) is 44.2 Å². The first-order valence-electron chi connectivity index (χ1n) is 5.32. The van der Waals surface area contributed by atoms with Crippen molar-refractivity contribution in [1.82, 2.24) is 0 Å². The van der Waals surface area contributed by atoms with Crippen LogP contribution in [0.2, 0.25) is 0 Å². The predicted octanol–water partition coefficient (Wildman–Crippen LogP) is 3.54. The van der Waals surface area contributed by atoms with E-state index in [4.69, 9.17) is 0 Å². The summed E-state index contributed by atoms with van der Waals surface area (Å²) >= 11 is 0. The van der Waals surface area contributed by atoms with E-state index in [0.717, 1.165) is 6.42 Å². The van der Waals surface area contributed by atoms with E-state index in [1.54, 1.807) is 0 Å². The first-order chi connectivity index (χ1) is 6.77. The van der Waals surface area contributed by atoms with Crippen LogP contribution in [-0.2, 0) is 0 Å². The van der Waals surface area contributed by atoms with Gasteiger partial charge < -0.3 is 0 Å². The molecule has 0 fully saturated rings. The lowest BCUT2D eigenvalue weighted by Gasteiger charge is -2.11. The normalized spacial score (nSPS) is 23.6. The fourth-order valence-electron chi connectivity index (χ4n) is 1.65. The Morgan fingerprint density at radius 3 is 2.93 bits per heavy atom. The average molecular weight is 189 g/mol. The second kappa shape index (κ2) is 5.58. The van der Waals surface area contributed by atoms with Crippen molar-refractivity contribution in [3.05, 3.63) is 36.0 Å². The molecule has 2 atom stereocenters. The molecule has 0 saturated heterocycles. The van der Waals surface area contributed by atoms with E-state index < -0.39 is 0 Å². The minimum Gasteiger partial charge on any atom is -0.290 e. The van der Waals surface area contributed by atoms with Crippen LogP contribution in [0, 0.1) is 5.92 Å². The van der Waals surface area contributed by atoms with E-state index in [1.807, 2.05) is 13.1 Å². The number of hydrogen-bond acceptors (Lipinski definition) is 1. The molecule has 76 valence electrons. The number of hydrogen-bond donors (Lipinski definition) is 0. The molecule has 0 spiro atoms. The lowest BCUT2D eigenvalue weighted by atomic mass is 10.0. The van der Waals surface area contributed by atoms with Gasteiger partial charge in [0.1, 0.15) is 0 Å². The smallest absolute Gasteiger partial charge is 0.0739 e. The summed E-state index contributed by atoms with van der Waals surface area (Å²) < 4.78 is 0. The maximum absolute atomic E-state index is 4.47. The largest absolute Gasteiger partial charge is 0.290 e. The molecule has 1 nitrogen and oxygen atoms in total. The van der Waals surface area contributed by atoms with Gasteiger partial charge in [0.25, 0.3) is 0 Å². The maximum Gasteiger partial charge on any atom is 0.0739 e. The molecule has 0 aromatic heterocycles. The minimum atomic E-state index is 0.332. The van der Waals surface area contributed by atoms with Gasteiger partial charge in [0.2, 0.25) is 0 Å². The van der Waals surface area contributed by atoms with Gasteiger partial charge in [-0.15, -0.1) is 0 Å². The molecule has 2 unspecified atom stereocenters. The standard InChI is InChI=1S/C13H19N/c1-4-13(14-5-2)12-9-7-6-8-11(3)10-12/h5-11,13H,4H2,1-3H3. The van der Waals surface area contributed by atoms with Crippen LogP contribution in [0.4, 0.5) is 0 Å². The number of allylic oxidation sites excluding steroid dienone is 4. The second-order valence-electron chi connectivity index (χ2n) is 3.60.